The third kappa shape index (κ3) is 6.44. The molecule has 0 bridgehead atoms. The highest BCUT2D eigenvalue weighted by Crippen LogP contribution is 2.34. The van der Waals surface area contributed by atoms with Gasteiger partial charge in [-0.1, -0.05) is 48.0 Å². The molecule has 0 aliphatic carbocycles. The van der Waals surface area contributed by atoms with Crippen LogP contribution in [0.5, 0.6) is 0 Å². The summed E-state index contributed by atoms with van der Waals surface area (Å²) in [5.41, 5.74) is 2.78. The highest BCUT2D eigenvalue weighted by atomic mass is 79.9. The lowest BCUT2D eigenvalue weighted by molar-refractivity contribution is 0.251. The second-order valence-corrected chi connectivity index (χ2v) is 10.0. The van der Waals surface area contributed by atoms with Crippen molar-refractivity contribution in [3.63, 3.8) is 0 Å². The molecule has 7 nitrogen and oxygen atoms in total. The van der Waals surface area contributed by atoms with E-state index in [-0.39, 0.29) is 23.9 Å². The lowest BCUT2D eigenvalue weighted by Crippen LogP contribution is -2.43. The first-order valence-corrected chi connectivity index (χ1v) is 12.3. The minimum Gasteiger partial charge on any atom is -0.354 e. The summed E-state index contributed by atoms with van der Waals surface area (Å²) in [4.78, 5) is 23.8. The van der Waals surface area contributed by atoms with Gasteiger partial charge in [0.1, 0.15) is 5.82 Å². The van der Waals surface area contributed by atoms with Crippen LogP contribution in [0.1, 0.15) is 30.7 Å². The van der Waals surface area contributed by atoms with Gasteiger partial charge in [-0.15, -0.1) is 23.7 Å². The van der Waals surface area contributed by atoms with Gasteiger partial charge in [-0.2, -0.15) is 0 Å². The molecule has 1 aliphatic rings. The van der Waals surface area contributed by atoms with Crippen molar-refractivity contribution in [3.05, 3.63) is 69.3 Å². The van der Waals surface area contributed by atoms with Crippen molar-refractivity contribution in [1.82, 2.24) is 20.6 Å². The number of amides is 2. The van der Waals surface area contributed by atoms with Crippen LogP contribution in [0.25, 0.3) is 0 Å². The van der Waals surface area contributed by atoms with Gasteiger partial charge in [-0.3, -0.25) is 5.32 Å². The minimum absolute atomic E-state index is 0. The number of anilines is 2. The molecular formula is C23H28BrClN6OS. The third-order valence-corrected chi connectivity index (χ3v) is 6.92. The van der Waals surface area contributed by atoms with Gasteiger partial charge in [-0.05, 0) is 29.3 Å². The SMILES string of the molecule is CC(C)(c1ccc(Br)cc1)c1csc(NC(=O)NCc2ccc(N3CCNCC3)nc2)n1.Cl. The minimum atomic E-state index is -0.279. The average molecular weight is 552 g/mol. The molecule has 0 spiro atoms. The normalized spacial score (nSPS) is 13.8. The maximum atomic E-state index is 12.4. The number of halogens is 2. The Morgan fingerprint density at radius 2 is 1.91 bits per heavy atom. The lowest BCUT2D eigenvalue weighted by atomic mass is 9.82. The zero-order chi connectivity index (χ0) is 22.6. The fraction of sp³-hybridized carbons (Fsp3) is 0.348. The number of benzene rings is 1. The molecule has 2 amide bonds. The molecule has 4 rings (SSSR count). The van der Waals surface area contributed by atoms with Gasteiger partial charge >= 0.3 is 6.03 Å². The van der Waals surface area contributed by atoms with E-state index in [1.807, 2.05) is 35.8 Å². The Hall–Kier alpha value is -2.20. The molecule has 176 valence electrons. The number of piperazine rings is 1. The van der Waals surface area contributed by atoms with Crippen LogP contribution in [0.3, 0.4) is 0 Å². The van der Waals surface area contributed by atoms with E-state index in [1.54, 1.807) is 0 Å². The first-order valence-electron chi connectivity index (χ1n) is 10.6. The van der Waals surface area contributed by atoms with Gasteiger partial charge in [-0.25, -0.2) is 14.8 Å². The van der Waals surface area contributed by atoms with Crippen LogP contribution in [0.2, 0.25) is 0 Å². The first-order chi connectivity index (χ1) is 15.4. The summed E-state index contributed by atoms with van der Waals surface area (Å²) in [6, 6.07) is 12.0. The molecular weight excluding hydrogens is 524 g/mol. The maximum absolute atomic E-state index is 12.4. The predicted molar refractivity (Wildman–Crippen MR) is 141 cm³/mol. The van der Waals surface area contributed by atoms with Crippen molar-refractivity contribution >= 4 is 56.7 Å². The summed E-state index contributed by atoms with van der Waals surface area (Å²) >= 11 is 4.90. The van der Waals surface area contributed by atoms with E-state index >= 15 is 0 Å². The lowest BCUT2D eigenvalue weighted by Gasteiger charge is -2.28. The van der Waals surface area contributed by atoms with E-state index in [4.69, 9.17) is 0 Å². The predicted octanol–water partition coefficient (Wildman–Crippen LogP) is 4.78. The molecule has 1 aliphatic heterocycles. The maximum Gasteiger partial charge on any atom is 0.321 e. The zero-order valence-corrected chi connectivity index (χ0v) is 21.8. The van der Waals surface area contributed by atoms with E-state index < -0.39 is 0 Å². The summed E-state index contributed by atoms with van der Waals surface area (Å²) in [6.07, 6.45) is 1.82. The Morgan fingerprint density at radius 1 is 1.18 bits per heavy atom. The molecule has 10 heteroatoms. The number of carbonyl (C=O) groups excluding carboxylic acids is 1. The van der Waals surface area contributed by atoms with Crippen molar-refractivity contribution in [1.29, 1.82) is 0 Å². The number of thiazole rings is 1. The monoisotopic (exact) mass is 550 g/mol. The van der Waals surface area contributed by atoms with Gasteiger partial charge in [0.15, 0.2) is 5.13 Å². The van der Waals surface area contributed by atoms with Crippen molar-refractivity contribution < 1.29 is 4.79 Å². The van der Waals surface area contributed by atoms with Crippen molar-refractivity contribution in [2.24, 2.45) is 0 Å². The Morgan fingerprint density at radius 3 is 2.58 bits per heavy atom. The second kappa shape index (κ2) is 11.3. The van der Waals surface area contributed by atoms with Crippen LogP contribution in [0, 0.1) is 0 Å². The summed E-state index contributed by atoms with van der Waals surface area (Å²) < 4.78 is 1.04. The smallest absolute Gasteiger partial charge is 0.321 e. The molecule has 0 unspecified atom stereocenters. The molecule has 0 radical (unpaired) electrons. The fourth-order valence-corrected chi connectivity index (χ4v) is 4.70. The first kappa shape index (κ1) is 25.4. The molecule has 1 saturated heterocycles. The summed E-state index contributed by atoms with van der Waals surface area (Å²) in [5, 5.41) is 11.6. The number of rotatable bonds is 6. The fourth-order valence-electron chi connectivity index (χ4n) is 3.56. The number of nitrogens with zero attached hydrogens (tertiary/aromatic N) is 3. The van der Waals surface area contributed by atoms with Gasteiger partial charge in [0.25, 0.3) is 0 Å². The van der Waals surface area contributed by atoms with Gasteiger partial charge in [0, 0.05) is 54.2 Å². The number of carbonyl (C=O) groups is 1. The molecule has 1 fully saturated rings. The Balaban J connectivity index is 0.00000306. The van der Waals surface area contributed by atoms with E-state index in [0.29, 0.717) is 11.7 Å². The highest BCUT2D eigenvalue weighted by molar-refractivity contribution is 9.10. The van der Waals surface area contributed by atoms with Crippen molar-refractivity contribution in [2.45, 2.75) is 25.8 Å². The molecule has 3 N–H and O–H groups in total. The van der Waals surface area contributed by atoms with Gasteiger partial charge in [0.05, 0.1) is 5.69 Å². The van der Waals surface area contributed by atoms with Crippen LogP contribution in [0.15, 0.2) is 52.4 Å². The van der Waals surface area contributed by atoms with Crippen molar-refractivity contribution in [3.8, 4) is 0 Å². The quantitative estimate of drug-likeness (QED) is 0.411. The molecule has 2 aromatic heterocycles. The number of hydrogen-bond donors (Lipinski definition) is 3. The van der Waals surface area contributed by atoms with Crippen molar-refractivity contribution in [2.75, 3.05) is 36.4 Å². The van der Waals surface area contributed by atoms with Gasteiger partial charge < -0.3 is 15.5 Å². The molecule has 0 saturated carbocycles. The molecule has 1 aromatic carbocycles. The average Bonchev–Trinajstić information content (AvgIpc) is 3.28. The Kier molecular flexibility index (Phi) is 8.69. The Bertz CT molecular complexity index is 1050. The summed E-state index contributed by atoms with van der Waals surface area (Å²) in [6.45, 7) is 8.54. The van der Waals surface area contributed by atoms with Crippen LogP contribution in [-0.4, -0.2) is 42.2 Å². The Labute approximate surface area is 212 Å². The second-order valence-electron chi connectivity index (χ2n) is 8.24. The number of nitrogens with one attached hydrogen (secondary N) is 3. The van der Waals surface area contributed by atoms with Crippen LogP contribution in [0.4, 0.5) is 15.7 Å². The standard InChI is InChI=1S/C23H27BrN6OS.ClH/c1-23(2,17-4-6-18(24)7-5-17)19-15-32-22(28-19)29-21(31)27-14-16-3-8-20(26-13-16)30-11-9-25-10-12-30;/h3-8,13,15,25H,9-12,14H2,1-2H3,(H2,27,28,29,31);1H. The topological polar surface area (TPSA) is 82.2 Å². The number of urea groups is 1. The van der Waals surface area contributed by atoms with E-state index in [2.05, 4.69) is 72.7 Å². The molecule has 33 heavy (non-hydrogen) atoms. The summed E-state index contributed by atoms with van der Waals surface area (Å²) in [7, 11) is 0. The number of hydrogen-bond acceptors (Lipinski definition) is 6. The summed E-state index contributed by atoms with van der Waals surface area (Å²) in [5.74, 6) is 0.975. The zero-order valence-electron chi connectivity index (χ0n) is 18.6. The molecule has 3 heterocycles. The number of aromatic nitrogens is 2. The highest BCUT2D eigenvalue weighted by Gasteiger charge is 2.26. The van der Waals surface area contributed by atoms with Crippen LogP contribution >= 0.6 is 39.7 Å². The van der Waals surface area contributed by atoms with Crippen LogP contribution in [-0.2, 0) is 12.0 Å². The third-order valence-electron chi connectivity index (χ3n) is 5.63. The molecule has 3 aromatic rings. The van der Waals surface area contributed by atoms with Gasteiger partial charge in [0.2, 0.25) is 0 Å². The van der Waals surface area contributed by atoms with Crippen LogP contribution < -0.4 is 20.9 Å². The van der Waals surface area contributed by atoms with E-state index in [0.717, 1.165) is 47.7 Å². The van der Waals surface area contributed by atoms with E-state index in [9.17, 15) is 4.79 Å². The molecule has 0 atom stereocenters. The number of pyridine rings is 1. The largest absolute Gasteiger partial charge is 0.354 e. The van der Waals surface area contributed by atoms with E-state index in [1.165, 1.54) is 16.9 Å².